The van der Waals surface area contributed by atoms with E-state index in [2.05, 4.69) is 20.9 Å². The third-order valence-electron chi connectivity index (χ3n) is 7.52. The van der Waals surface area contributed by atoms with Crippen LogP contribution in [0.25, 0.3) is 17.2 Å². The molecule has 5 aromatic carbocycles. The lowest BCUT2D eigenvalue weighted by Crippen LogP contribution is -2.30. The number of hydrogen-bond acceptors (Lipinski definition) is 5. The molecular formula is C41H31ClN4O3S. The Hall–Kier alpha value is -5.96. The SMILES string of the molecule is O=C(Nc1cccc(SC(C(=O)Nc2ccc(Cl)cn2)c2ccccc2)c1)/C(=C\c1ccc(-c2ccccc2)cc1)NC(=O)c1ccccc1. The maximum atomic E-state index is 13.8. The van der Waals surface area contributed by atoms with Crippen LogP contribution >= 0.6 is 23.4 Å². The fourth-order valence-electron chi connectivity index (χ4n) is 5.04. The summed E-state index contributed by atoms with van der Waals surface area (Å²) in [7, 11) is 0. The summed E-state index contributed by atoms with van der Waals surface area (Å²) in [5.74, 6) is -0.801. The first-order valence-electron chi connectivity index (χ1n) is 15.7. The lowest BCUT2D eigenvalue weighted by atomic mass is 10.0. The number of benzene rings is 5. The quantitative estimate of drug-likeness (QED) is 0.0927. The predicted molar refractivity (Wildman–Crippen MR) is 202 cm³/mol. The van der Waals surface area contributed by atoms with Gasteiger partial charge in [0.25, 0.3) is 11.8 Å². The van der Waals surface area contributed by atoms with Crippen LogP contribution in [0.3, 0.4) is 0 Å². The molecule has 0 saturated carbocycles. The van der Waals surface area contributed by atoms with Gasteiger partial charge in [0.05, 0.1) is 5.02 Å². The molecule has 0 spiro atoms. The van der Waals surface area contributed by atoms with Gasteiger partial charge < -0.3 is 16.0 Å². The predicted octanol–water partition coefficient (Wildman–Crippen LogP) is 9.28. The fourth-order valence-corrected chi connectivity index (χ4v) is 6.23. The number of amides is 3. The summed E-state index contributed by atoms with van der Waals surface area (Å²) in [6.07, 6.45) is 3.11. The van der Waals surface area contributed by atoms with Crippen LogP contribution in [0.4, 0.5) is 11.5 Å². The fraction of sp³-hybridized carbons (Fsp3) is 0.0244. The molecule has 0 radical (unpaired) electrons. The van der Waals surface area contributed by atoms with Gasteiger partial charge in [0.1, 0.15) is 16.8 Å². The molecule has 1 unspecified atom stereocenters. The highest BCUT2D eigenvalue weighted by Gasteiger charge is 2.23. The minimum atomic E-state index is -0.626. The standard InChI is InChI=1S/C41H31ClN4O3S/c42-33-23-24-37(43-27-33)46-41(49)38(31-13-6-2-7-14-31)50-35-18-10-17-34(26-35)44-40(48)36(45-39(47)32-15-8-3-9-16-32)25-28-19-21-30(22-20-28)29-11-4-1-5-12-29/h1-27,38H,(H,44,48)(H,45,47)(H,43,46,49)/b36-25+. The lowest BCUT2D eigenvalue weighted by molar-refractivity contribution is -0.116. The number of halogens is 1. The summed E-state index contributed by atoms with van der Waals surface area (Å²) in [4.78, 5) is 45.4. The van der Waals surface area contributed by atoms with Gasteiger partial charge in [-0.25, -0.2) is 4.98 Å². The van der Waals surface area contributed by atoms with Crippen LogP contribution in [-0.2, 0) is 9.59 Å². The molecule has 6 rings (SSSR count). The van der Waals surface area contributed by atoms with Crippen molar-refractivity contribution >= 4 is 58.7 Å². The molecule has 1 aromatic heterocycles. The Morgan fingerprint density at radius 3 is 2.02 bits per heavy atom. The van der Waals surface area contributed by atoms with E-state index in [1.54, 1.807) is 60.7 Å². The molecule has 0 fully saturated rings. The van der Waals surface area contributed by atoms with Gasteiger partial charge in [0.15, 0.2) is 0 Å². The molecule has 9 heteroatoms. The summed E-state index contributed by atoms with van der Waals surface area (Å²) >= 11 is 7.30. The van der Waals surface area contributed by atoms with Gasteiger partial charge in [-0.1, -0.05) is 121 Å². The Balaban J connectivity index is 1.23. The average Bonchev–Trinajstić information content (AvgIpc) is 3.16. The molecule has 0 aliphatic carbocycles. The van der Waals surface area contributed by atoms with Gasteiger partial charge in [0.2, 0.25) is 5.91 Å². The molecule has 50 heavy (non-hydrogen) atoms. The van der Waals surface area contributed by atoms with Crippen molar-refractivity contribution in [1.82, 2.24) is 10.3 Å². The molecular weight excluding hydrogens is 664 g/mol. The van der Waals surface area contributed by atoms with Crippen molar-refractivity contribution < 1.29 is 14.4 Å². The van der Waals surface area contributed by atoms with Crippen LogP contribution in [0.1, 0.15) is 26.7 Å². The minimum absolute atomic E-state index is 0.0707. The molecule has 0 saturated heterocycles. The van der Waals surface area contributed by atoms with E-state index in [4.69, 9.17) is 11.6 Å². The largest absolute Gasteiger partial charge is 0.321 e. The number of nitrogens with one attached hydrogen (secondary N) is 3. The van der Waals surface area contributed by atoms with Gasteiger partial charge in [-0.3, -0.25) is 14.4 Å². The van der Waals surface area contributed by atoms with Gasteiger partial charge in [-0.2, -0.15) is 0 Å². The Labute approximate surface area is 299 Å². The van der Waals surface area contributed by atoms with Gasteiger partial charge in [-0.15, -0.1) is 11.8 Å². The smallest absolute Gasteiger partial charge is 0.272 e. The van der Waals surface area contributed by atoms with E-state index in [-0.39, 0.29) is 11.6 Å². The number of pyridine rings is 1. The molecule has 3 amide bonds. The van der Waals surface area contributed by atoms with E-state index < -0.39 is 17.1 Å². The van der Waals surface area contributed by atoms with E-state index in [1.165, 1.54) is 18.0 Å². The summed E-state index contributed by atoms with van der Waals surface area (Å²) in [5, 5.41) is 8.43. The number of hydrogen-bond donors (Lipinski definition) is 3. The van der Waals surface area contributed by atoms with Crippen LogP contribution < -0.4 is 16.0 Å². The minimum Gasteiger partial charge on any atom is -0.321 e. The van der Waals surface area contributed by atoms with Crippen molar-refractivity contribution in [2.24, 2.45) is 0 Å². The second kappa shape index (κ2) is 16.4. The van der Waals surface area contributed by atoms with E-state index in [0.717, 1.165) is 27.1 Å². The highest BCUT2D eigenvalue weighted by Crippen LogP contribution is 2.37. The zero-order valence-corrected chi connectivity index (χ0v) is 28.2. The summed E-state index contributed by atoms with van der Waals surface area (Å²) < 4.78 is 0. The summed E-state index contributed by atoms with van der Waals surface area (Å²) in [5.41, 5.74) is 4.62. The topological polar surface area (TPSA) is 100 Å². The van der Waals surface area contributed by atoms with E-state index in [0.29, 0.717) is 22.1 Å². The molecule has 6 aromatic rings. The van der Waals surface area contributed by atoms with Crippen molar-refractivity contribution in [3.8, 4) is 11.1 Å². The van der Waals surface area contributed by atoms with E-state index >= 15 is 0 Å². The Kier molecular flexibility index (Phi) is 11.1. The van der Waals surface area contributed by atoms with Gasteiger partial charge >= 0.3 is 0 Å². The monoisotopic (exact) mass is 694 g/mol. The Morgan fingerprint density at radius 2 is 1.34 bits per heavy atom. The first-order chi connectivity index (χ1) is 24.4. The number of aromatic nitrogens is 1. The summed E-state index contributed by atoms with van der Waals surface area (Å²) in [6.45, 7) is 0. The number of carbonyl (C=O) groups excluding carboxylic acids is 3. The number of carbonyl (C=O) groups is 3. The molecule has 3 N–H and O–H groups in total. The van der Waals surface area contributed by atoms with Gasteiger partial charge in [-0.05, 0) is 70.8 Å². The van der Waals surface area contributed by atoms with Crippen LogP contribution in [0.15, 0.2) is 168 Å². The molecule has 0 aliphatic rings. The average molecular weight is 695 g/mol. The zero-order chi connectivity index (χ0) is 34.7. The number of thioether (sulfide) groups is 1. The normalized spacial score (nSPS) is 11.7. The number of nitrogens with zero attached hydrogens (tertiary/aromatic N) is 1. The van der Waals surface area contributed by atoms with Crippen molar-refractivity contribution in [3.63, 3.8) is 0 Å². The Bertz CT molecular complexity index is 2110. The van der Waals surface area contributed by atoms with Crippen molar-refractivity contribution in [1.29, 1.82) is 0 Å². The van der Waals surface area contributed by atoms with Crippen LogP contribution in [-0.4, -0.2) is 22.7 Å². The molecule has 1 heterocycles. The van der Waals surface area contributed by atoms with E-state index in [9.17, 15) is 14.4 Å². The first-order valence-corrected chi connectivity index (χ1v) is 17.0. The highest BCUT2D eigenvalue weighted by atomic mass is 35.5. The highest BCUT2D eigenvalue weighted by molar-refractivity contribution is 8.00. The first kappa shape index (κ1) is 33.9. The van der Waals surface area contributed by atoms with Crippen molar-refractivity contribution in [3.05, 3.63) is 185 Å². The molecule has 0 aliphatic heterocycles. The van der Waals surface area contributed by atoms with Crippen molar-refractivity contribution in [2.75, 3.05) is 10.6 Å². The maximum absolute atomic E-state index is 13.8. The second-order valence-corrected chi connectivity index (χ2v) is 12.7. The van der Waals surface area contributed by atoms with Crippen LogP contribution in [0.2, 0.25) is 5.02 Å². The third kappa shape index (κ3) is 9.14. The molecule has 1 atom stereocenters. The van der Waals surface area contributed by atoms with E-state index in [1.807, 2.05) is 97.1 Å². The zero-order valence-electron chi connectivity index (χ0n) is 26.6. The van der Waals surface area contributed by atoms with Crippen molar-refractivity contribution in [2.45, 2.75) is 10.1 Å². The van der Waals surface area contributed by atoms with Gasteiger partial charge in [0, 0.05) is 22.3 Å². The summed E-state index contributed by atoms with van der Waals surface area (Å²) in [6, 6.07) is 46.4. The molecule has 246 valence electrons. The molecule has 0 bridgehead atoms. The van der Waals surface area contributed by atoms with Crippen LogP contribution in [0, 0.1) is 0 Å². The number of anilines is 2. The lowest BCUT2D eigenvalue weighted by Gasteiger charge is -2.17. The third-order valence-corrected chi connectivity index (χ3v) is 8.99. The molecule has 7 nitrogen and oxygen atoms in total. The van der Waals surface area contributed by atoms with Crippen LogP contribution in [0.5, 0.6) is 0 Å². The maximum Gasteiger partial charge on any atom is 0.272 e. The Morgan fingerprint density at radius 1 is 0.680 bits per heavy atom. The second-order valence-electron chi connectivity index (χ2n) is 11.1. The number of rotatable bonds is 11.